The van der Waals surface area contributed by atoms with Crippen molar-refractivity contribution in [2.24, 2.45) is 0 Å². The van der Waals surface area contributed by atoms with E-state index < -0.39 is 0 Å². The Bertz CT molecular complexity index is 731. The van der Waals surface area contributed by atoms with E-state index >= 15 is 0 Å². The van der Waals surface area contributed by atoms with Gasteiger partial charge in [-0.25, -0.2) is 4.39 Å². The average Bonchev–Trinajstić information content (AvgIpc) is 2.93. The van der Waals surface area contributed by atoms with Crippen LogP contribution in [0.2, 0.25) is 0 Å². The maximum absolute atomic E-state index is 13.5. The van der Waals surface area contributed by atoms with Crippen LogP contribution in [0.4, 0.5) is 10.1 Å². The number of halogens is 1. The van der Waals surface area contributed by atoms with E-state index in [9.17, 15) is 9.18 Å². The number of amides is 1. The van der Waals surface area contributed by atoms with Crippen LogP contribution in [0.3, 0.4) is 0 Å². The van der Waals surface area contributed by atoms with Crippen molar-refractivity contribution >= 4 is 11.6 Å². The summed E-state index contributed by atoms with van der Waals surface area (Å²) in [5, 5.41) is 2.95. The number of nitrogens with zero attached hydrogens (tertiary/aromatic N) is 1. The summed E-state index contributed by atoms with van der Waals surface area (Å²) in [7, 11) is 0. The van der Waals surface area contributed by atoms with E-state index in [1.807, 2.05) is 0 Å². The van der Waals surface area contributed by atoms with Gasteiger partial charge in [-0.2, -0.15) is 0 Å². The smallest absolute Gasteiger partial charge is 0.220 e. The molecule has 4 heteroatoms. The van der Waals surface area contributed by atoms with Crippen LogP contribution >= 0.6 is 0 Å². The fourth-order valence-electron chi connectivity index (χ4n) is 3.49. The number of carbonyl (C=O) groups is 1. The van der Waals surface area contributed by atoms with Crippen molar-refractivity contribution in [2.45, 2.75) is 38.6 Å². The van der Waals surface area contributed by atoms with Gasteiger partial charge in [0.15, 0.2) is 0 Å². The van der Waals surface area contributed by atoms with E-state index in [-0.39, 0.29) is 11.7 Å². The van der Waals surface area contributed by atoms with Crippen LogP contribution in [-0.2, 0) is 17.6 Å². The summed E-state index contributed by atoms with van der Waals surface area (Å²) in [4.78, 5) is 14.4. The van der Waals surface area contributed by atoms with Gasteiger partial charge in [-0.15, -0.1) is 0 Å². The Morgan fingerprint density at radius 3 is 2.80 bits per heavy atom. The van der Waals surface area contributed by atoms with Crippen molar-refractivity contribution in [3.05, 3.63) is 65.5 Å². The third kappa shape index (κ3) is 4.38. The highest BCUT2D eigenvalue weighted by Crippen LogP contribution is 2.31. The molecule has 2 aromatic carbocycles. The summed E-state index contributed by atoms with van der Waals surface area (Å²) in [5.74, 6) is -0.255. The number of nitrogens with one attached hydrogen (secondary N) is 1. The first-order chi connectivity index (χ1) is 12.1. The molecular formula is C21H25FN2O. The predicted octanol–water partition coefficient (Wildman–Crippen LogP) is 3.72. The van der Waals surface area contributed by atoms with Crippen molar-refractivity contribution in [1.29, 1.82) is 0 Å². The van der Waals surface area contributed by atoms with Gasteiger partial charge in [0.1, 0.15) is 5.82 Å². The lowest BCUT2D eigenvalue weighted by Gasteiger charge is -2.24. The van der Waals surface area contributed by atoms with Gasteiger partial charge in [-0.05, 0) is 49.4 Å². The van der Waals surface area contributed by atoms with E-state index in [0.717, 1.165) is 19.4 Å². The van der Waals surface area contributed by atoms with Gasteiger partial charge in [-0.3, -0.25) is 4.79 Å². The first-order valence-electron chi connectivity index (χ1n) is 9.00. The molecule has 1 heterocycles. The molecule has 0 aliphatic carbocycles. The molecule has 1 N–H and O–H groups in total. The lowest BCUT2D eigenvalue weighted by Crippen LogP contribution is -2.33. The van der Waals surface area contributed by atoms with Crippen LogP contribution in [0.25, 0.3) is 0 Å². The number of para-hydroxylation sites is 1. The third-order valence-corrected chi connectivity index (χ3v) is 4.83. The second kappa shape index (κ2) is 8.15. The minimum atomic E-state index is -0.239. The zero-order valence-electron chi connectivity index (χ0n) is 14.7. The Labute approximate surface area is 148 Å². The molecule has 0 aromatic heterocycles. The zero-order chi connectivity index (χ0) is 17.6. The van der Waals surface area contributed by atoms with Crippen molar-refractivity contribution in [1.82, 2.24) is 5.32 Å². The van der Waals surface area contributed by atoms with E-state index in [1.54, 1.807) is 18.2 Å². The summed E-state index contributed by atoms with van der Waals surface area (Å²) < 4.78 is 13.5. The van der Waals surface area contributed by atoms with Crippen molar-refractivity contribution < 1.29 is 9.18 Å². The molecule has 1 atom stereocenters. The van der Waals surface area contributed by atoms with Gasteiger partial charge in [-0.1, -0.05) is 36.4 Å². The lowest BCUT2D eigenvalue weighted by atomic mass is 10.1. The highest BCUT2D eigenvalue weighted by atomic mass is 19.1. The minimum Gasteiger partial charge on any atom is -0.368 e. The monoisotopic (exact) mass is 340 g/mol. The van der Waals surface area contributed by atoms with Crippen LogP contribution in [0, 0.1) is 5.82 Å². The molecule has 0 bridgehead atoms. The number of aryl methyl sites for hydroxylation is 1. The zero-order valence-corrected chi connectivity index (χ0v) is 14.7. The second-order valence-corrected chi connectivity index (χ2v) is 6.67. The van der Waals surface area contributed by atoms with Gasteiger partial charge < -0.3 is 10.2 Å². The number of hydrogen-bond acceptors (Lipinski definition) is 2. The third-order valence-electron chi connectivity index (χ3n) is 4.83. The number of rotatable bonds is 7. The number of carbonyl (C=O) groups excluding carboxylic acids is 1. The number of anilines is 1. The van der Waals surface area contributed by atoms with Crippen molar-refractivity contribution in [3.8, 4) is 0 Å². The van der Waals surface area contributed by atoms with Crippen LogP contribution < -0.4 is 10.2 Å². The van der Waals surface area contributed by atoms with Gasteiger partial charge >= 0.3 is 0 Å². The van der Waals surface area contributed by atoms with E-state index in [2.05, 4.69) is 41.4 Å². The second-order valence-electron chi connectivity index (χ2n) is 6.67. The first-order valence-corrected chi connectivity index (χ1v) is 9.00. The molecule has 25 heavy (non-hydrogen) atoms. The fraction of sp³-hybridized carbons (Fsp3) is 0.381. The number of hydrogen-bond donors (Lipinski definition) is 1. The Kier molecular flexibility index (Phi) is 5.69. The summed E-state index contributed by atoms with van der Waals surface area (Å²) in [6.07, 6.45) is 2.76. The molecular weight excluding hydrogens is 315 g/mol. The molecule has 3 nitrogen and oxygen atoms in total. The average molecular weight is 340 g/mol. The van der Waals surface area contributed by atoms with Gasteiger partial charge in [0.05, 0.1) is 0 Å². The van der Waals surface area contributed by atoms with E-state index in [4.69, 9.17) is 0 Å². The molecule has 0 saturated heterocycles. The molecule has 3 rings (SSSR count). The minimum absolute atomic E-state index is 0.0156. The van der Waals surface area contributed by atoms with E-state index in [0.29, 0.717) is 31.0 Å². The lowest BCUT2D eigenvalue weighted by molar-refractivity contribution is -0.121. The first kappa shape index (κ1) is 17.5. The fourth-order valence-corrected chi connectivity index (χ4v) is 3.49. The quantitative estimate of drug-likeness (QED) is 0.779. The molecule has 132 valence electrons. The summed E-state index contributed by atoms with van der Waals surface area (Å²) >= 11 is 0. The molecule has 0 spiro atoms. The van der Waals surface area contributed by atoms with Crippen LogP contribution in [0.5, 0.6) is 0 Å². The Morgan fingerprint density at radius 1 is 1.20 bits per heavy atom. The number of benzene rings is 2. The maximum atomic E-state index is 13.5. The Morgan fingerprint density at radius 2 is 1.96 bits per heavy atom. The molecule has 2 aromatic rings. The molecule has 1 aliphatic heterocycles. The molecule has 1 aliphatic rings. The summed E-state index contributed by atoms with van der Waals surface area (Å²) in [5.41, 5.74) is 3.32. The highest BCUT2D eigenvalue weighted by Gasteiger charge is 2.24. The Balaban J connectivity index is 1.39. The standard InChI is InChI=1S/C21H25FN2O/c1-16-15-18-8-3-5-10-20(18)24(16)14-6-13-23-21(25)12-11-17-7-2-4-9-19(17)22/h2-5,7-10,16H,6,11-15H2,1H3,(H,23,25)/t16-/m1/s1. The molecule has 0 unspecified atom stereocenters. The predicted molar refractivity (Wildman–Crippen MR) is 99.3 cm³/mol. The molecule has 0 fully saturated rings. The van der Waals surface area contributed by atoms with Crippen LogP contribution in [-0.4, -0.2) is 25.0 Å². The van der Waals surface area contributed by atoms with Gasteiger partial charge in [0.25, 0.3) is 0 Å². The highest BCUT2D eigenvalue weighted by molar-refractivity contribution is 5.76. The molecule has 1 amide bonds. The van der Waals surface area contributed by atoms with Gasteiger partial charge in [0.2, 0.25) is 5.91 Å². The van der Waals surface area contributed by atoms with Gasteiger partial charge in [0, 0.05) is 31.2 Å². The maximum Gasteiger partial charge on any atom is 0.220 e. The molecule has 0 radical (unpaired) electrons. The SMILES string of the molecule is C[C@@H]1Cc2ccccc2N1CCCNC(=O)CCc1ccccc1F. The number of fused-ring (bicyclic) bond motifs is 1. The van der Waals surface area contributed by atoms with Crippen LogP contribution in [0.1, 0.15) is 30.9 Å². The summed E-state index contributed by atoms with van der Waals surface area (Å²) in [6.45, 7) is 3.83. The Hall–Kier alpha value is -2.36. The van der Waals surface area contributed by atoms with Crippen molar-refractivity contribution in [3.63, 3.8) is 0 Å². The van der Waals surface area contributed by atoms with E-state index in [1.165, 1.54) is 17.3 Å². The topological polar surface area (TPSA) is 32.3 Å². The van der Waals surface area contributed by atoms with Crippen molar-refractivity contribution in [2.75, 3.05) is 18.0 Å². The molecule has 0 saturated carbocycles. The summed E-state index contributed by atoms with van der Waals surface area (Å²) in [6, 6.07) is 15.7. The van der Waals surface area contributed by atoms with Crippen LogP contribution in [0.15, 0.2) is 48.5 Å². The largest absolute Gasteiger partial charge is 0.368 e. The normalized spacial score (nSPS) is 15.9.